The second-order valence-corrected chi connectivity index (χ2v) is 6.90. The van der Waals surface area contributed by atoms with E-state index in [1.54, 1.807) is 41.4 Å². The summed E-state index contributed by atoms with van der Waals surface area (Å²) in [6.45, 7) is 0. The summed E-state index contributed by atoms with van der Waals surface area (Å²) in [5.41, 5.74) is 2.23. The van der Waals surface area contributed by atoms with Gasteiger partial charge in [0.2, 0.25) is 0 Å². The van der Waals surface area contributed by atoms with Crippen LogP contribution in [0.15, 0.2) is 58.9 Å². The van der Waals surface area contributed by atoms with E-state index in [-0.39, 0.29) is 5.91 Å². The fraction of sp³-hybridized carbons (Fsp3) is 0.0588. The predicted octanol–water partition coefficient (Wildman–Crippen LogP) is 5.44. The van der Waals surface area contributed by atoms with Crippen molar-refractivity contribution in [2.45, 2.75) is 4.90 Å². The fourth-order valence-corrected chi connectivity index (χ4v) is 3.35. The second kappa shape index (κ2) is 7.17. The van der Waals surface area contributed by atoms with E-state index in [1.807, 2.05) is 42.0 Å². The average molecular weight is 361 g/mol. The van der Waals surface area contributed by atoms with Gasteiger partial charge in [0.15, 0.2) is 0 Å². The van der Waals surface area contributed by atoms with Crippen molar-refractivity contribution in [3.8, 4) is 10.6 Å². The van der Waals surface area contributed by atoms with Gasteiger partial charge < -0.3 is 5.32 Å². The van der Waals surface area contributed by atoms with Crippen LogP contribution in [0, 0.1) is 0 Å². The van der Waals surface area contributed by atoms with Crippen molar-refractivity contribution >= 4 is 46.3 Å². The lowest BCUT2D eigenvalue weighted by molar-refractivity contribution is 0.102. The van der Waals surface area contributed by atoms with Crippen LogP contribution in [0.1, 0.15) is 10.4 Å². The third-order valence-corrected chi connectivity index (χ3v) is 5.12. The summed E-state index contributed by atoms with van der Waals surface area (Å²) < 4.78 is 0. The topological polar surface area (TPSA) is 42.0 Å². The van der Waals surface area contributed by atoms with Gasteiger partial charge in [0.25, 0.3) is 5.91 Å². The zero-order chi connectivity index (χ0) is 16.2. The van der Waals surface area contributed by atoms with Gasteiger partial charge in [-0.2, -0.15) is 0 Å². The van der Waals surface area contributed by atoms with Gasteiger partial charge in [-0.1, -0.05) is 11.6 Å². The Kier molecular flexibility index (Phi) is 5.00. The summed E-state index contributed by atoms with van der Waals surface area (Å²) in [7, 11) is 0. The fourth-order valence-electron chi connectivity index (χ4n) is 2.07. The molecule has 0 fully saturated rings. The Morgan fingerprint density at radius 3 is 2.65 bits per heavy atom. The average Bonchev–Trinajstić information content (AvgIpc) is 3.10. The number of thiazole rings is 1. The molecule has 0 bridgehead atoms. The molecule has 0 spiro atoms. The molecule has 0 unspecified atom stereocenters. The minimum Gasteiger partial charge on any atom is -0.322 e. The summed E-state index contributed by atoms with van der Waals surface area (Å²) in [5, 5.41) is 6.21. The standard InChI is InChI=1S/C17H13ClN2OS2/c1-22-13-6-7-15(18)14(10-13)16(21)20-12-4-2-11(3-5-12)17-19-8-9-23-17/h2-10H,1H3,(H,20,21). The lowest BCUT2D eigenvalue weighted by atomic mass is 10.2. The number of halogens is 1. The predicted molar refractivity (Wildman–Crippen MR) is 98.7 cm³/mol. The molecule has 23 heavy (non-hydrogen) atoms. The van der Waals surface area contributed by atoms with Gasteiger partial charge in [0.05, 0.1) is 10.6 Å². The number of hydrogen-bond donors (Lipinski definition) is 1. The number of aromatic nitrogens is 1. The summed E-state index contributed by atoms with van der Waals surface area (Å²) in [6, 6.07) is 13.0. The van der Waals surface area contributed by atoms with Gasteiger partial charge in [-0.25, -0.2) is 4.98 Å². The molecule has 0 atom stereocenters. The van der Waals surface area contributed by atoms with Crippen LogP contribution in [0.25, 0.3) is 10.6 Å². The van der Waals surface area contributed by atoms with Gasteiger partial charge in [-0.15, -0.1) is 23.1 Å². The van der Waals surface area contributed by atoms with Gasteiger partial charge in [0, 0.05) is 27.7 Å². The number of amides is 1. The molecule has 1 N–H and O–H groups in total. The number of hydrogen-bond acceptors (Lipinski definition) is 4. The van der Waals surface area contributed by atoms with Crippen molar-refractivity contribution in [3.63, 3.8) is 0 Å². The maximum Gasteiger partial charge on any atom is 0.257 e. The summed E-state index contributed by atoms with van der Waals surface area (Å²) in [6.07, 6.45) is 3.73. The normalized spacial score (nSPS) is 10.5. The van der Waals surface area contributed by atoms with Crippen LogP contribution in [0.3, 0.4) is 0 Å². The van der Waals surface area contributed by atoms with Crippen LogP contribution >= 0.6 is 34.7 Å². The lowest BCUT2D eigenvalue weighted by Crippen LogP contribution is -2.12. The Balaban J connectivity index is 1.78. The largest absolute Gasteiger partial charge is 0.322 e. The number of anilines is 1. The molecule has 116 valence electrons. The molecule has 1 amide bonds. The quantitative estimate of drug-likeness (QED) is 0.630. The Hall–Kier alpha value is -1.82. The van der Waals surface area contributed by atoms with E-state index in [0.29, 0.717) is 10.6 Å². The zero-order valence-electron chi connectivity index (χ0n) is 12.2. The van der Waals surface area contributed by atoms with E-state index in [2.05, 4.69) is 10.3 Å². The van der Waals surface area contributed by atoms with E-state index in [0.717, 1.165) is 21.2 Å². The van der Waals surface area contributed by atoms with Crippen LogP contribution in [0.4, 0.5) is 5.69 Å². The Bertz CT molecular complexity index is 817. The molecular weight excluding hydrogens is 348 g/mol. The van der Waals surface area contributed by atoms with Crippen LogP contribution in [0.2, 0.25) is 5.02 Å². The Labute approximate surface area is 147 Å². The first-order chi connectivity index (χ1) is 11.2. The maximum atomic E-state index is 12.4. The van der Waals surface area contributed by atoms with Crippen molar-refractivity contribution in [1.29, 1.82) is 0 Å². The molecule has 3 aromatic rings. The maximum absolute atomic E-state index is 12.4. The van der Waals surface area contributed by atoms with Gasteiger partial charge >= 0.3 is 0 Å². The number of rotatable bonds is 4. The van der Waals surface area contributed by atoms with Crippen molar-refractivity contribution < 1.29 is 4.79 Å². The molecule has 0 saturated carbocycles. The molecule has 3 rings (SSSR count). The molecule has 0 aliphatic heterocycles. The van der Waals surface area contributed by atoms with Crippen molar-refractivity contribution in [3.05, 3.63) is 64.6 Å². The minimum atomic E-state index is -0.215. The molecule has 1 aromatic heterocycles. The third-order valence-electron chi connectivity index (χ3n) is 3.24. The number of carbonyl (C=O) groups is 1. The van der Waals surface area contributed by atoms with E-state index in [9.17, 15) is 4.79 Å². The van der Waals surface area contributed by atoms with Gasteiger partial charge in [-0.3, -0.25) is 4.79 Å². The number of benzene rings is 2. The molecule has 0 aliphatic carbocycles. The Morgan fingerprint density at radius 2 is 2.00 bits per heavy atom. The molecule has 6 heteroatoms. The highest BCUT2D eigenvalue weighted by Gasteiger charge is 2.12. The van der Waals surface area contributed by atoms with E-state index in [1.165, 1.54) is 0 Å². The molecular formula is C17H13ClN2OS2. The zero-order valence-corrected chi connectivity index (χ0v) is 14.6. The first kappa shape index (κ1) is 16.1. The van der Waals surface area contributed by atoms with Crippen molar-refractivity contribution in [2.75, 3.05) is 11.6 Å². The smallest absolute Gasteiger partial charge is 0.257 e. The van der Waals surface area contributed by atoms with E-state index in [4.69, 9.17) is 11.6 Å². The van der Waals surface area contributed by atoms with Gasteiger partial charge in [-0.05, 0) is 48.7 Å². The molecule has 0 radical (unpaired) electrons. The molecule has 2 aromatic carbocycles. The first-order valence-corrected chi connectivity index (χ1v) is 9.30. The van der Waals surface area contributed by atoms with Crippen LogP contribution in [-0.2, 0) is 0 Å². The van der Waals surface area contributed by atoms with Crippen LogP contribution in [-0.4, -0.2) is 17.1 Å². The number of carbonyl (C=O) groups excluding carboxylic acids is 1. The molecule has 0 saturated heterocycles. The van der Waals surface area contributed by atoms with E-state index >= 15 is 0 Å². The second-order valence-electron chi connectivity index (χ2n) is 4.71. The first-order valence-electron chi connectivity index (χ1n) is 6.82. The summed E-state index contributed by atoms with van der Waals surface area (Å²) in [4.78, 5) is 17.7. The van der Waals surface area contributed by atoms with Crippen LogP contribution in [0.5, 0.6) is 0 Å². The third kappa shape index (κ3) is 3.75. The molecule has 3 nitrogen and oxygen atoms in total. The lowest BCUT2D eigenvalue weighted by Gasteiger charge is -2.08. The monoisotopic (exact) mass is 360 g/mol. The van der Waals surface area contributed by atoms with Crippen LogP contribution < -0.4 is 5.32 Å². The highest BCUT2D eigenvalue weighted by atomic mass is 35.5. The summed E-state index contributed by atoms with van der Waals surface area (Å²) >= 11 is 9.28. The number of nitrogens with zero attached hydrogens (tertiary/aromatic N) is 1. The SMILES string of the molecule is CSc1ccc(Cl)c(C(=O)Nc2ccc(-c3nccs3)cc2)c1. The minimum absolute atomic E-state index is 0.215. The Morgan fingerprint density at radius 1 is 1.22 bits per heavy atom. The van der Waals surface area contributed by atoms with Crippen molar-refractivity contribution in [1.82, 2.24) is 4.98 Å². The van der Waals surface area contributed by atoms with Crippen molar-refractivity contribution in [2.24, 2.45) is 0 Å². The van der Waals surface area contributed by atoms with E-state index < -0.39 is 0 Å². The molecule has 1 heterocycles. The highest BCUT2D eigenvalue weighted by Crippen LogP contribution is 2.26. The number of nitrogens with one attached hydrogen (secondary N) is 1. The highest BCUT2D eigenvalue weighted by molar-refractivity contribution is 7.98. The summed E-state index contributed by atoms with van der Waals surface area (Å²) in [5.74, 6) is -0.215. The van der Waals surface area contributed by atoms with Gasteiger partial charge in [0.1, 0.15) is 5.01 Å². The number of thioether (sulfide) groups is 1. The molecule has 0 aliphatic rings.